The Hall–Kier alpha value is -1.74. The van der Waals surface area contributed by atoms with Crippen molar-refractivity contribution < 1.29 is 19.4 Å². The van der Waals surface area contributed by atoms with Crippen molar-refractivity contribution >= 4 is 37.6 Å². The van der Waals surface area contributed by atoms with Crippen molar-refractivity contribution in [1.29, 1.82) is 0 Å². The number of piperidine rings is 1. The van der Waals surface area contributed by atoms with Crippen LogP contribution in [-0.2, 0) is 20.7 Å². The molecule has 1 aliphatic rings. The van der Waals surface area contributed by atoms with E-state index in [0.29, 0.717) is 51.8 Å². The van der Waals surface area contributed by atoms with E-state index in [1.54, 1.807) is 4.90 Å². The molecule has 1 aliphatic heterocycles. The third-order valence-electron chi connectivity index (χ3n) is 5.31. The van der Waals surface area contributed by atoms with Crippen LogP contribution in [0.1, 0.15) is 33.9 Å². The molecule has 3 unspecified atom stereocenters. The number of aryl methyl sites for hydroxylation is 1. The molecular weight excluding hydrogens is 561 g/mol. The van der Waals surface area contributed by atoms with Gasteiger partial charge in [-0.2, -0.15) is 0 Å². The van der Waals surface area contributed by atoms with E-state index in [4.69, 9.17) is 4.74 Å². The Labute approximate surface area is 187 Å². The SMILES string of the molecule is O=C(O)C1CC(OCCCc2ccccc2)CCN1C(=O)[CH]([Pb])c1ccccc1. The second kappa shape index (κ2) is 10.9. The van der Waals surface area contributed by atoms with Gasteiger partial charge in [0.2, 0.25) is 0 Å². The van der Waals surface area contributed by atoms with E-state index < -0.39 is 12.0 Å². The first kappa shape index (κ1) is 22.0. The summed E-state index contributed by atoms with van der Waals surface area (Å²) in [5.74, 6) is -1.02. The molecule has 1 saturated heterocycles. The zero-order chi connectivity index (χ0) is 20.6. The fourth-order valence-corrected chi connectivity index (χ4v) is 5.10. The van der Waals surface area contributed by atoms with E-state index in [1.807, 2.05) is 48.5 Å². The Bertz CT molecular complexity index is 799. The molecule has 0 saturated carbocycles. The van der Waals surface area contributed by atoms with Crippen LogP contribution >= 0.6 is 0 Å². The fourth-order valence-electron chi connectivity index (χ4n) is 3.71. The molecule has 1 amide bonds. The molecule has 3 rings (SSSR count). The topological polar surface area (TPSA) is 66.8 Å². The average Bonchev–Trinajstić information content (AvgIpc) is 2.77. The first-order valence-corrected chi connectivity index (χ1v) is 12.3. The molecule has 1 fully saturated rings. The number of nitrogens with zero attached hydrogens (tertiary/aromatic N) is 1. The van der Waals surface area contributed by atoms with Crippen molar-refractivity contribution in [3.05, 3.63) is 71.8 Å². The maximum absolute atomic E-state index is 13.0. The van der Waals surface area contributed by atoms with Crippen LogP contribution in [-0.4, -0.2) is 72.9 Å². The number of carbonyl (C=O) groups is 2. The molecule has 0 aliphatic carbocycles. The summed E-state index contributed by atoms with van der Waals surface area (Å²) >= 11 is 0.650. The van der Waals surface area contributed by atoms with Crippen LogP contribution in [0, 0.1) is 0 Å². The molecule has 29 heavy (non-hydrogen) atoms. The summed E-state index contributed by atoms with van der Waals surface area (Å²) in [5, 5.41) is 9.71. The van der Waals surface area contributed by atoms with Gasteiger partial charge < -0.3 is 0 Å². The average molecular weight is 588 g/mol. The molecule has 5 nitrogen and oxygen atoms in total. The molecule has 3 radical (unpaired) electrons. The summed E-state index contributed by atoms with van der Waals surface area (Å²) < 4.78 is 5.74. The van der Waals surface area contributed by atoms with Crippen LogP contribution in [0.3, 0.4) is 0 Å². The second-order valence-electron chi connectivity index (χ2n) is 7.34. The Balaban J connectivity index is 1.52. The molecule has 6 heteroatoms. The molecular formula is C23H26NO4Pb. The number of ether oxygens (including phenoxy) is 1. The van der Waals surface area contributed by atoms with Crippen LogP contribution < -0.4 is 0 Å². The zero-order valence-electron chi connectivity index (χ0n) is 16.4. The molecule has 151 valence electrons. The van der Waals surface area contributed by atoms with Crippen LogP contribution in [0.15, 0.2) is 60.7 Å². The first-order valence-electron chi connectivity index (χ1n) is 10.0. The maximum atomic E-state index is 13.0. The molecule has 0 bridgehead atoms. The number of carboxylic acid groups (broad SMARTS) is 1. The molecule has 2 aromatic rings. The quantitative estimate of drug-likeness (QED) is 0.381. The number of carbonyl (C=O) groups excluding carboxylic acids is 1. The van der Waals surface area contributed by atoms with Crippen LogP contribution in [0.2, 0.25) is 0 Å². The number of amides is 1. The third kappa shape index (κ3) is 6.12. The van der Waals surface area contributed by atoms with Gasteiger partial charge in [-0.3, -0.25) is 0 Å². The molecule has 1 N–H and O–H groups in total. The van der Waals surface area contributed by atoms with Crippen molar-refractivity contribution in [2.24, 2.45) is 0 Å². The number of benzene rings is 2. The standard InChI is InChI=1S/C23H26NO4.Pb/c25-22(16-19-10-5-2-6-11-19)24-14-13-20(17-21(24)23(26)27)28-15-7-12-18-8-3-1-4-9-18;/h1-6,8-11,16,20-21H,7,12-15,17H2,(H,26,27);. The number of rotatable bonds is 8. The van der Waals surface area contributed by atoms with Crippen LogP contribution in [0.4, 0.5) is 0 Å². The third-order valence-corrected chi connectivity index (χ3v) is 7.56. The van der Waals surface area contributed by atoms with E-state index >= 15 is 0 Å². The summed E-state index contributed by atoms with van der Waals surface area (Å²) in [6.45, 7) is 1.04. The van der Waals surface area contributed by atoms with Gasteiger partial charge in [0.05, 0.1) is 0 Å². The van der Waals surface area contributed by atoms with Crippen LogP contribution in [0.25, 0.3) is 0 Å². The van der Waals surface area contributed by atoms with Crippen molar-refractivity contribution in [1.82, 2.24) is 4.90 Å². The van der Waals surface area contributed by atoms with E-state index in [9.17, 15) is 14.7 Å². The fraction of sp³-hybridized carbons (Fsp3) is 0.391. The second-order valence-corrected chi connectivity index (χ2v) is 9.58. The van der Waals surface area contributed by atoms with Crippen molar-refractivity contribution in [2.75, 3.05) is 13.2 Å². The Kier molecular flexibility index (Phi) is 8.23. The van der Waals surface area contributed by atoms with Gasteiger partial charge in [0.15, 0.2) is 0 Å². The van der Waals surface area contributed by atoms with Gasteiger partial charge in [-0.1, -0.05) is 18.2 Å². The molecule has 2 aromatic carbocycles. The summed E-state index contributed by atoms with van der Waals surface area (Å²) in [6, 6.07) is 19.1. The summed E-state index contributed by atoms with van der Waals surface area (Å²) in [4.78, 5) is 26.4. The number of aliphatic carboxylic acids is 1. The van der Waals surface area contributed by atoms with E-state index in [1.165, 1.54) is 5.56 Å². The summed E-state index contributed by atoms with van der Waals surface area (Å²) in [5.41, 5.74) is 2.24. The van der Waals surface area contributed by atoms with Gasteiger partial charge in [-0.25, -0.2) is 0 Å². The predicted octanol–water partition coefficient (Wildman–Crippen LogP) is 2.99. The van der Waals surface area contributed by atoms with E-state index in [-0.39, 0.29) is 15.5 Å². The van der Waals surface area contributed by atoms with Gasteiger partial charge in [0, 0.05) is 0 Å². The minimum absolute atomic E-state index is 0.0715. The number of carboxylic acids is 1. The molecule has 3 atom stereocenters. The van der Waals surface area contributed by atoms with Gasteiger partial charge >= 0.3 is 170 Å². The Morgan fingerprint density at radius 1 is 1.10 bits per heavy atom. The molecule has 0 spiro atoms. The normalized spacial score (nSPS) is 20.2. The van der Waals surface area contributed by atoms with Gasteiger partial charge in [0.1, 0.15) is 0 Å². The Morgan fingerprint density at radius 3 is 2.41 bits per heavy atom. The van der Waals surface area contributed by atoms with Crippen molar-refractivity contribution in [3.8, 4) is 0 Å². The summed E-state index contributed by atoms with van der Waals surface area (Å²) in [7, 11) is 0. The number of hydrogen-bond acceptors (Lipinski definition) is 3. The Morgan fingerprint density at radius 2 is 1.76 bits per heavy atom. The van der Waals surface area contributed by atoms with E-state index in [2.05, 4.69) is 12.1 Å². The van der Waals surface area contributed by atoms with Crippen LogP contribution in [0.5, 0.6) is 0 Å². The predicted molar refractivity (Wildman–Crippen MR) is 112 cm³/mol. The molecule has 1 heterocycles. The minimum atomic E-state index is -0.946. The van der Waals surface area contributed by atoms with Gasteiger partial charge in [0.25, 0.3) is 0 Å². The number of hydrogen-bond donors (Lipinski definition) is 1. The summed E-state index contributed by atoms with van der Waals surface area (Å²) in [6.07, 6.45) is 2.77. The molecule has 0 aromatic heterocycles. The zero-order valence-corrected chi connectivity index (χ0v) is 20.3. The van der Waals surface area contributed by atoms with Gasteiger partial charge in [-0.05, 0) is 0 Å². The van der Waals surface area contributed by atoms with Crippen molar-refractivity contribution in [2.45, 2.75) is 41.3 Å². The van der Waals surface area contributed by atoms with Gasteiger partial charge in [-0.15, -0.1) is 0 Å². The van der Waals surface area contributed by atoms with E-state index in [0.717, 1.165) is 18.4 Å². The first-order chi connectivity index (χ1) is 14.1. The number of likely N-dealkylation sites (tertiary alicyclic amines) is 1. The van der Waals surface area contributed by atoms with Crippen molar-refractivity contribution in [3.63, 3.8) is 0 Å². The monoisotopic (exact) mass is 588 g/mol.